The van der Waals surface area contributed by atoms with Gasteiger partial charge in [0.2, 0.25) is 0 Å². The Hall–Kier alpha value is -0.870. The van der Waals surface area contributed by atoms with Crippen LogP contribution in [0.15, 0.2) is 24.3 Å². The summed E-state index contributed by atoms with van der Waals surface area (Å²) in [5, 5.41) is 0. The molecule has 3 nitrogen and oxygen atoms in total. The van der Waals surface area contributed by atoms with Gasteiger partial charge in [-0.25, -0.2) is 0 Å². The Kier molecular flexibility index (Phi) is 8.38. The maximum atomic E-state index is 12.5. The second-order valence-electron chi connectivity index (χ2n) is 9.20. The molecule has 0 fully saturated rings. The Bertz CT molecular complexity index is 539. The number of aryl methyl sites for hydroxylation is 1. The molecule has 1 rings (SSSR count). The predicted octanol–water partition coefficient (Wildman–Crippen LogP) is 1.50. The van der Waals surface area contributed by atoms with Crippen molar-refractivity contribution in [2.24, 2.45) is 0 Å². The third-order valence-electron chi connectivity index (χ3n) is 5.71. The summed E-state index contributed by atoms with van der Waals surface area (Å²) in [5.41, 5.74) is 2.28. The van der Waals surface area contributed by atoms with Gasteiger partial charge in [-0.1, -0.05) is 17.7 Å². The molecule has 0 spiro atoms. The molecular formula is C21H37BrN2O. The van der Waals surface area contributed by atoms with Crippen LogP contribution in [0.25, 0.3) is 0 Å². The van der Waals surface area contributed by atoms with E-state index in [4.69, 9.17) is 0 Å². The average Bonchev–Trinajstić information content (AvgIpc) is 2.44. The van der Waals surface area contributed by atoms with Crippen LogP contribution in [0.5, 0.6) is 0 Å². The lowest BCUT2D eigenvalue weighted by Crippen LogP contribution is -3.00. The third kappa shape index (κ3) is 5.82. The molecule has 4 heteroatoms. The minimum absolute atomic E-state index is 0. The molecule has 1 aromatic carbocycles. The van der Waals surface area contributed by atoms with Crippen LogP contribution in [0.1, 0.15) is 63.9 Å². The Balaban J connectivity index is 0.00000576. The molecule has 0 heterocycles. The zero-order valence-electron chi connectivity index (χ0n) is 17.6. The van der Waals surface area contributed by atoms with Gasteiger partial charge in [-0.15, -0.1) is 0 Å². The summed E-state index contributed by atoms with van der Waals surface area (Å²) in [6, 6.07) is 7.82. The molecule has 0 aliphatic heterocycles. The summed E-state index contributed by atoms with van der Waals surface area (Å²) < 4.78 is 0.979. The number of quaternary nitrogens is 1. The van der Waals surface area contributed by atoms with E-state index in [0.29, 0.717) is 0 Å². The highest BCUT2D eigenvalue weighted by molar-refractivity contribution is 5.94. The summed E-state index contributed by atoms with van der Waals surface area (Å²) in [5.74, 6) is 0.107. The Morgan fingerprint density at radius 1 is 1.00 bits per heavy atom. The van der Waals surface area contributed by atoms with E-state index in [1.807, 2.05) is 43.1 Å². The van der Waals surface area contributed by atoms with Crippen LogP contribution in [0.4, 0.5) is 0 Å². The molecule has 0 aliphatic carbocycles. The highest BCUT2D eigenvalue weighted by Gasteiger charge is 2.45. The zero-order chi connectivity index (χ0) is 18.8. The number of carbonyl (C=O) groups excluding carboxylic acids is 1. The van der Waals surface area contributed by atoms with Crippen molar-refractivity contribution in [2.75, 3.05) is 27.2 Å². The molecule has 0 saturated carbocycles. The maximum absolute atomic E-state index is 12.5. The van der Waals surface area contributed by atoms with Crippen molar-refractivity contribution in [1.82, 2.24) is 4.90 Å². The number of rotatable bonds is 5. The number of hydrogen-bond donors (Lipinski definition) is 0. The third-order valence-corrected chi connectivity index (χ3v) is 5.71. The first kappa shape index (κ1) is 24.1. The molecule has 0 bridgehead atoms. The molecule has 0 radical (unpaired) electrons. The molecule has 1 aromatic rings. The Morgan fingerprint density at radius 2 is 1.44 bits per heavy atom. The molecule has 0 aromatic heterocycles. The molecule has 1 amide bonds. The van der Waals surface area contributed by atoms with E-state index >= 15 is 0 Å². The summed E-state index contributed by atoms with van der Waals surface area (Å²) in [6.45, 7) is 17.7. The van der Waals surface area contributed by atoms with Crippen LogP contribution in [0, 0.1) is 6.92 Å². The molecule has 25 heavy (non-hydrogen) atoms. The van der Waals surface area contributed by atoms with Gasteiger partial charge < -0.3 is 26.4 Å². The van der Waals surface area contributed by atoms with E-state index in [1.54, 1.807) is 0 Å². The van der Waals surface area contributed by atoms with Crippen LogP contribution in [0.2, 0.25) is 0 Å². The molecule has 0 saturated heterocycles. The molecule has 0 atom stereocenters. The number of carbonyl (C=O) groups is 1. The van der Waals surface area contributed by atoms with Crippen molar-refractivity contribution in [3.8, 4) is 0 Å². The highest BCUT2D eigenvalue weighted by atomic mass is 79.9. The van der Waals surface area contributed by atoms with Gasteiger partial charge in [-0.2, -0.15) is 0 Å². The quantitative estimate of drug-likeness (QED) is 0.671. The highest BCUT2D eigenvalue weighted by Crippen LogP contribution is 2.33. The first-order chi connectivity index (χ1) is 10.8. The molecule has 0 aliphatic rings. The van der Waals surface area contributed by atoms with Crippen molar-refractivity contribution in [2.45, 2.75) is 66.0 Å². The van der Waals surface area contributed by atoms with Gasteiger partial charge in [0.1, 0.15) is 0 Å². The normalized spacial score (nSPS) is 12.5. The van der Waals surface area contributed by atoms with Crippen LogP contribution >= 0.6 is 0 Å². The lowest BCUT2D eigenvalue weighted by atomic mass is 9.91. The van der Waals surface area contributed by atoms with Crippen molar-refractivity contribution >= 4 is 5.91 Å². The molecule has 0 N–H and O–H groups in total. The largest absolute Gasteiger partial charge is 1.00 e. The minimum Gasteiger partial charge on any atom is -1.00 e. The second-order valence-corrected chi connectivity index (χ2v) is 9.20. The number of amides is 1. The first-order valence-corrected chi connectivity index (χ1v) is 8.97. The minimum atomic E-state index is 0. The monoisotopic (exact) mass is 412 g/mol. The molecular weight excluding hydrogens is 376 g/mol. The second kappa shape index (κ2) is 8.68. The first-order valence-electron chi connectivity index (χ1n) is 8.97. The number of benzene rings is 1. The van der Waals surface area contributed by atoms with Crippen LogP contribution in [-0.2, 0) is 0 Å². The summed E-state index contributed by atoms with van der Waals surface area (Å²) in [7, 11) is 4.24. The van der Waals surface area contributed by atoms with Gasteiger partial charge in [0.05, 0.1) is 24.7 Å². The van der Waals surface area contributed by atoms with Gasteiger partial charge >= 0.3 is 0 Å². The molecule has 0 unspecified atom stereocenters. The zero-order valence-corrected chi connectivity index (χ0v) is 19.2. The van der Waals surface area contributed by atoms with E-state index in [2.05, 4.69) is 48.6 Å². The smallest absolute Gasteiger partial charge is 0.253 e. The fourth-order valence-electron chi connectivity index (χ4n) is 3.32. The fraction of sp³-hybridized carbons (Fsp3) is 0.667. The predicted molar refractivity (Wildman–Crippen MR) is 103 cm³/mol. The van der Waals surface area contributed by atoms with E-state index in [9.17, 15) is 4.79 Å². The van der Waals surface area contributed by atoms with Crippen molar-refractivity contribution < 1.29 is 26.3 Å². The molecule has 144 valence electrons. The number of halogens is 1. The maximum Gasteiger partial charge on any atom is 0.253 e. The lowest BCUT2D eigenvalue weighted by Gasteiger charge is -2.54. The van der Waals surface area contributed by atoms with Crippen LogP contribution in [0.3, 0.4) is 0 Å². The Labute approximate surface area is 165 Å². The average molecular weight is 413 g/mol. The Morgan fingerprint density at radius 3 is 1.84 bits per heavy atom. The van der Waals surface area contributed by atoms with Gasteiger partial charge in [0.25, 0.3) is 5.91 Å². The van der Waals surface area contributed by atoms with Gasteiger partial charge in [0.15, 0.2) is 0 Å². The SMILES string of the molecule is Cc1ccc(C(=O)N(C)CCC[N+](C)(C(C)(C)C)C(C)(C)C)cc1.[Br-]. The topological polar surface area (TPSA) is 20.3 Å². The van der Waals surface area contributed by atoms with E-state index < -0.39 is 0 Å². The van der Waals surface area contributed by atoms with E-state index in [-0.39, 0.29) is 34.0 Å². The van der Waals surface area contributed by atoms with Crippen molar-refractivity contribution in [3.63, 3.8) is 0 Å². The number of nitrogens with zero attached hydrogens (tertiary/aromatic N) is 2. The van der Waals surface area contributed by atoms with Crippen LogP contribution < -0.4 is 17.0 Å². The van der Waals surface area contributed by atoms with Gasteiger partial charge in [-0.05, 0) is 60.6 Å². The van der Waals surface area contributed by atoms with Crippen molar-refractivity contribution in [3.05, 3.63) is 35.4 Å². The number of hydrogen-bond acceptors (Lipinski definition) is 1. The van der Waals surface area contributed by atoms with Crippen LogP contribution in [-0.4, -0.2) is 53.6 Å². The summed E-state index contributed by atoms with van der Waals surface area (Å²) in [4.78, 5) is 14.4. The summed E-state index contributed by atoms with van der Waals surface area (Å²) >= 11 is 0. The van der Waals surface area contributed by atoms with Crippen molar-refractivity contribution in [1.29, 1.82) is 0 Å². The summed E-state index contributed by atoms with van der Waals surface area (Å²) in [6.07, 6.45) is 0.999. The standard InChI is InChI=1S/C21H37N2O.BrH/c1-17-11-13-18(14-12-17)19(24)22(8)15-10-16-23(9,20(2,3)4)21(5,6)7;/h11-14H,10,15-16H2,1-9H3;1H/q+1;/p-1. The van der Waals surface area contributed by atoms with Gasteiger partial charge in [0, 0.05) is 25.6 Å². The van der Waals surface area contributed by atoms with E-state index in [0.717, 1.165) is 29.6 Å². The fourth-order valence-corrected chi connectivity index (χ4v) is 3.32. The van der Waals surface area contributed by atoms with Gasteiger partial charge in [-0.3, -0.25) is 4.79 Å². The van der Waals surface area contributed by atoms with E-state index in [1.165, 1.54) is 5.56 Å². The lowest BCUT2D eigenvalue weighted by molar-refractivity contribution is -0.994.